The van der Waals surface area contributed by atoms with E-state index in [0.29, 0.717) is 24.4 Å². The third kappa shape index (κ3) is 4.23. The fourth-order valence-corrected chi connectivity index (χ4v) is 4.86. The van der Waals surface area contributed by atoms with Gasteiger partial charge in [-0.05, 0) is 75.1 Å². The van der Waals surface area contributed by atoms with Gasteiger partial charge in [0.05, 0.1) is 17.2 Å². The summed E-state index contributed by atoms with van der Waals surface area (Å²) in [5.74, 6) is 0.739. The van der Waals surface area contributed by atoms with Crippen molar-refractivity contribution < 1.29 is 17.9 Å². The molecule has 1 atom stereocenters. The van der Waals surface area contributed by atoms with Gasteiger partial charge in [-0.25, -0.2) is 17.9 Å². The molecule has 1 heterocycles. The average molecular weight is 416 g/mol. The Kier molecular flexibility index (Phi) is 5.23. The first kappa shape index (κ1) is 19.7. The van der Waals surface area contributed by atoms with E-state index in [-0.39, 0.29) is 23.0 Å². The summed E-state index contributed by atoms with van der Waals surface area (Å²) in [6.07, 6.45) is 2.43. The van der Waals surface area contributed by atoms with Crippen LogP contribution in [0.3, 0.4) is 0 Å². The molecule has 2 aromatic carbocycles. The van der Waals surface area contributed by atoms with Crippen molar-refractivity contribution in [3.8, 4) is 5.75 Å². The number of carbonyl (C=O) groups is 1. The molecule has 1 fully saturated rings. The lowest BCUT2D eigenvalue weighted by Crippen LogP contribution is -2.39. The first-order valence-corrected chi connectivity index (χ1v) is 11.3. The van der Waals surface area contributed by atoms with E-state index < -0.39 is 10.0 Å². The highest BCUT2D eigenvalue weighted by molar-refractivity contribution is 7.89. The molecule has 1 aliphatic carbocycles. The minimum absolute atomic E-state index is 0.0336. The van der Waals surface area contributed by atoms with E-state index in [2.05, 4.69) is 10.0 Å². The van der Waals surface area contributed by atoms with Crippen molar-refractivity contribution in [1.82, 2.24) is 4.72 Å². The summed E-state index contributed by atoms with van der Waals surface area (Å²) in [4.78, 5) is 14.8. The molecule has 2 N–H and O–H groups in total. The molecule has 8 heteroatoms. The molecule has 2 aromatic rings. The molecule has 29 heavy (non-hydrogen) atoms. The summed E-state index contributed by atoms with van der Waals surface area (Å²) in [5.41, 5.74) is 2.25. The highest BCUT2D eigenvalue weighted by Gasteiger charge is 2.33. The first-order chi connectivity index (χ1) is 13.9. The van der Waals surface area contributed by atoms with Crippen LogP contribution in [0.4, 0.5) is 16.2 Å². The summed E-state index contributed by atoms with van der Waals surface area (Å²) >= 11 is 0. The third-order valence-corrected chi connectivity index (χ3v) is 6.64. The van der Waals surface area contributed by atoms with E-state index in [9.17, 15) is 13.2 Å². The second-order valence-electron chi connectivity index (χ2n) is 7.50. The Bertz CT molecular complexity index is 1020. The van der Waals surface area contributed by atoms with Crippen molar-refractivity contribution in [3.63, 3.8) is 0 Å². The maximum Gasteiger partial charge on any atom is 0.326 e. The lowest BCUT2D eigenvalue weighted by Gasteiger charge is -2.23. The van der Waals surface area contributed by atoms with Crippen LogP contribution in [0.1, 0.15) is 32.3 Å². The van der Waals surface area contributed by atoms with Crippen LogP contribution in [-0.2, 0) is 16.4 Å². The average Bonchev–Trinajstić information content (AvgIpc) is 3.41. The molecule has 4 rings (SSSR count). The second kappa shape index (κ2) is 7.68. The monoisotopic (exact) mass is 415 g/mol. The molecule has 1 aliphatic heterocycles. The van der Waals surface area contributed by atoms with Crippen molar-refractivity contribution in [2.75, 3.05) is 16.8 Å². The zero-order chi connectivity index (χ0) is 20.6. The van der Waals surface area contributed by atoms with Gasteiger partial charge in [0.15, 0.2) is 0 Å². The number of nitrogens with one attached hydrogen (secondary N) is 2. The van der Waals surface area contributed by atoms with Crippen molar-refractivity contribution in [3.05, 3.63) is 48.0 Å². The Labute approximate surface area is 171 Å². The number of urea groups is 1. The first-order valence-electron chi connectivity index (χ1n) is 9.85. The lowest BCUT2D eigenvalue weighted by molar-refractivity contribution is 0.255. The molecule has 0 radical (unpaired) electrons. The van der Waals surface area contributed by atoms with Gasteiger partial charge in [0, 0.05) is 17.8 Å². The molecule has 7 nitrogen and oxygen atoms in total. The summed E-state index contributed by atoms with van der Waals surface area (Å²) in [7, 11) is -3.58. The second-order valence-corrected chi connectivity index (χ2v) is 9.21. The van der Waals surface area contributed by atoms with E-state index in [4.69, 9.17) is 4.74 Å². The molecule has 1 unspecified atom stereocenters. The van der Waals surface area contributed by atoms with Crippen molar-refractivity contribution in [2.45, 2.75) is 50.1 Å². The molecule has 0 aromatic heterocycles. The third-order valence-electron chi connectivity index (χ3n) is 5.12. The van der Waals surface area contributed by atoms with Crippen LogP contribution < -0.4 is 19.7 Å². The zero-order valence-corrected chi connectivity index (χ0v) is 17.3. The predicted octanol–water partition coefficient (Wildman–Crippen LogP) is 3.51. The Balaban J connectivity index is 1.55. The van der Waals surface area contributed by atoms with E-state index in [1.54, 1.807) is 47.4 Å². The Hall–Kier alpha value is -2.58. The fourth-order valence-electron chi connectivity index (χ4n) is 3.54. The Morgan fingerprint density at radius 2 is 1.90 bits per heavy atom. The van der Waals surface area contributed by atoms with Crippen LogP contribution in [0.5, 0.6) is 5.75 Å². The molecule has 2 aliphatic rings. The molecule has 0 spiro atoms. The van der Waals surface area contributed by atoms with E-state index in [0.717, 1.165) is 24.2 Å². The number of amides is 2. The van der Waals surface area contributed by atoms with Crippen LogP contribution >= 0.6 is 0 Å². The number of carbonyl (C=O) groups excluding carboxylic acids is 1. The zero-order valence-electron chi connectivity index (χ0n) is 16.5. The molecule has 0 saturated heterocycles. The smallest absolute Gasteiger partial charge is 0.326 e. The number of rotatable bonds is 6. The number of ether oxygens (including phenoxy) is 1. The normalized spacial score (nSPS) is 18.4. The van der Waals surface area contributed by atoms with Gasteiger partial charge in [0.25, 0.3) is 0 Å². The van der Waals surface area contributed by atoms with Crippen molar-refractivity contribution >= 4 is 27.4 Å². The van der Waals surface area contributed by atoms with E-state index in [1.165, 1.54) is 0 Å². The van der Waals surface area contributed by atoms with E-state index in [1.807, 2.05) is 13.8 Å². The number of anilines is 2. The number of fused-ring (bicyclic) bond motifs is 1. The SMILES string of the molecule is CCOc1ccc(NC(=O)N2c3cc(S(=O)(=O)NC4CC4)ccc3CC2C)cc1. The molecular weight excluding hydrogens is 390 g/mol. The van der Waals surface area contributed by atoms with Crippen LogP contribution in [0.15, 0.2) is 47.4 Å². The lowest BCUT2D eigenvalue weighted by atomic mass is 10.1. The van der Waals surface area contributed by atoms with E-state index >= 15 is 0 Å². The standard InChI is InChI=1S/C21H25N3O4S/c1-3-28-18-9-7-16(8-10-18)22-21(25)24-14(2)12-15-4-11-19(13-20(15)24)29(26,27)23-17-5-6-17/h4,7-11,13-14,17,23H,3,5-6,12H2,1-2H3,(H,22,25). The van der Waals surface area contributed by atoms with Gasteiger partial charge < -0.3 is 10.1 Å². The number of hydrogen-bond acceptors (Lipinski definition) is 4. The van der Waals surface area contributed by atoms with Gasteiger partial charge in [0.1, 0.15) is 5.75 Å². The van der Waals surface area contributed by atoms with Gasteiger partial charge in [-0.1, -0.05) is 6.07 Å². The minimum Gasteiger partial charge on any atom is -0.494 e. The van der Waals surface area contributed by atoms with Gasteiger partial charge >= 0.3 is 6.03 Å². The van der Waals surface area contributed by atoms with Gasteiger partial charge in [-0.3, -0.25) is 4.90 Å². The molecular formula is C21H25N3O4S. The summed E-state index contributed by atoms with van der Waals surface area (Å²) in [6.45, 7) is 4.44. The van der Waals surface area contributed by atoms with Crippen molar-refractivity contribution in [2.24, 2.45) is 0 Å². The fraction of sp³-hybridized carbons (Fsp3) is 0.381. The Morgan fingerprint density at radius 1 is 1.17 bits per heavy atom. The topological polar surface area (TPSA) is 87.7 Å². The minimum atomic E-state index is -3.58. The molecule has 2 amide bonds. The van der Waals surface area contributed by atoms with Crippen LogP contribution in [0.25, 0.3) is 0 Å². The van der Waals surface area contributed by atoms with Gasteiger partial charge in [-0.2, -0.15) is 0 Å². The van der Waals surface area contributed by atoms with Crippen molar-refractivity contribution in [1.29, 1.82) is 0 Å². The highest BCUT2D eigenvalue weighted by atomic mass is 32.2. The van der Waals surface area contributed by atoms with Gasteiger partial charge in [-0.15, -0.1) is 0 Å². The summed E-state index contributed by atoms with van der Waals surface area (Å²) in [5, 5.41) is 2.89. The number of sulfonamides is 1. The molecule has 0 bridgehead atoms. The van der Waals surface area contributed by atoms with Crippen LogP contribution in [-0.4, -0.2) is 33.1 Å². The van der Waals surface area contributed by atoms with Crippen LogP contribution in [0.2, 0.25) is 0 Å². The summed E-state index contributed by atoms with van der Waals surface area (Å²) in [6, 6.07) is 11.9. The summed E-state index contributed by atoms with van der Waals surface area (Å²) < 4.78 is 33.3. The highest BCUT2D eigenvalue weighted by Crippen LogP contribution is 2.35. The Morgan fingerprint density at radius 3 is 2.55 bits per heavy atom. The predicted molar refractivity (Wildman–Crippen MR) is 112 cm³/mol. The maximum absolute atomic E-state index is 13.0. The molecule has 154 valence electrons. The quantitative estimate of drug-likeness (QED) is 0.756. The maximum atomic E-state index is 13.0. The van der Waals surface area contributed by atoms with Gasteiger partial charge in [0.2, 0.25) is 10.0 Å². The number of benzene rings is 2. The number of hydrogen-bond donors (Lipinski definition) is 2. The largest absolute Gasteiger partial charge is 0.494 e. The van der Waals surface area contributed by atoms with Crippen LogP contribution in [0, 0.1) is 0 Å². The molecule has 1 saturated carbocycles. The number of nitrogens with zero attached hydrogens (tertiary/aromatic N) is 1.